The van der Waals surface area contributed by atoms with Crippen molar-refractivity contribution in [3.8, 4) is 0 Å². The van der Waals surface area contributed by atoms with Gasteiger partial charge in [0.2, 0.25) is 0 Å². The van der Waals surface area contributed by atoms with Crippen molar-refractivity contribution in [1.29, 1.82) is 0 Å². The van der Waals surface area contributed by atoms with Crippen molar-refractivity contribution in [2.24, 2.45) is 0 Å². The number of hydrogen-bond donors (Lipinski definition) is 0. The first-order valence-electron chi connectivity index (χ1n) is 0.707. The fourth-order valence-corrected chi connectivity index (χ4v) is 0. The minimum absolute atomic E-state index is 0. The molecule has 0 amide bonds. The van der Waals surface area contributed by atoms with Gasteiger partial charge in [-0.3, -0.25) is 0 Å². The van der Waals surface area contributed by atoms with Crippen LogP contribution in [0.15, 0.2) is 18.9 Å². The predicted molar refractivity (Wildman–Crippen MR) is 14.8 cm³/mol. The van der Waals surface area contributed by atoms with Gasteiger partial charge in [-0.2, -0.15) is 0 Å². The molecule has 0 radical (unpaired) electrons. The van der Waals surface area contributed by atoms with Gasteiger partial charge in [0.1, 0.15) is 0 Å². The Kier molecular flexibility index (Phi) is 26.2. The number of rotatable bonds is 0. The van der Waals surface area contributed by atoms with Crippen LogP contribution < -0.4 is 0 Å². The largest absolute Gasteiger partial charge is 0.137 e. The van der Waals surface area contributed by atoms with Crippen molar-refractivity contribution >= 4 is 0 Å². The maximum absolute atomic E-state index is 3.12. The van der Waals surface area contributed by atoms with Crippen LogP contribution in [0.25, 0.3) is 0 Å². The molecule has 0 bridgehead atoms. The minimum atomic E-state index is 0. The molecular weight excluding hydrogens is 91.9 g/mol. The molecule has 0 nitrogen and oxygen atoms in total. The standard InChI is InChI=1S/C3H4.Fe/c1-3-2;/h1-2H2;. The van der Waals surface area contributed by atoms with Gasteiger partial charge in [0.15, 0.2) is 0 Å². The molecule has 1 heteroatoms. The zero-order valence-corrected chi connectivity index (χ0v) is 3.37. The van der Waals surface area contributed by atoms with E-state index in [4.69, 9.17) is 0 Å². The van der Waals surface area contributed by atoms with E-state index in [0.29, 0.717) is 0 Å². The SMILES string of the molecule is C=C=C.[Fe]. The van der Waals surface area contributed by atoms with E-state index in [0.717, 1.165) is 0 Å². The van der Waals surface area contributed by atoms with Gasteiger partial charge in [-0.1, -0.05) is 13.2 Å². The van der Waals surface area contributed by atoms with Crippen LogP contribution in [0.5, 0.6) is 0 Å². The Hall–Kier alpha value is 0.0395. The van der Waals surface area contributed by atoms with Gasteiger partial charge in [-0.25, -0.2) is 0 Å². The van der Waals surface area contributed by atoms with Gasteiger partial charge in [0.05, 0.1) is 0 Å². The molecule has 0 aliphatic carbocycles. The van der Waals surface area contributed by atoms with E-state index < -0.39 is 0 Å². The van der Waals surface area contributed by atoms with Gasteiger partial charge >= 0.3 is 0 Å². The molecule has 0 aromatic rings. The summed E-state index contributed by atoms with van der Waals surface area (Å²) in [6.07, 6.45) is 0. The van der Waals surface area contributed by atoms with Gasteiger partial charge in [0, 0.05) is 17.1 Å². The van der Waals surface area contributed by atoms with Crippen LogP contribution in [-0.2, 0) is 17.1 Å². The summed E-state index contributed by atoms with van der Waals surface area (Å²) in [6.45, 7) is 6.25. The zero-order chi connectivity index (χ0) is 2.71. The molecule has 0 aliphatic heterocycles. The summed E-state index contributed by atoms with van der Waals surface area (Å²) >= 11 is 0. The second-order valence-corrected chi connectivity index (χ2v) is 0.250. The average molecular weight is 95.9 g/mol. The molecule has 0 atom stereocenters. The van der Waals surface area contributed by atoms with Crippen LogP contribution in [-0.4, -0.2) is 0 Å². The Bertz CT molecular complexity index is 24.3. The van der Waals surface area contributed by atoms with Gasteiger partial charge in [0.25, 0.3) is 0 Å². The summed E-state index contributed by atoms with van der Waals surface area (Å²) in [6, 6.07) is 0. The van der Waals surface area contributed by atoms with Crippen molar-refractivity contribution in [1.82, 2.24) is 0 Å². The Morgan fingerprint density at radius 3 is 1.25 bits per heavy atom. The van der Waals surface area contributed by atoms with Crippen molar-refractivity contribution in [2.45, 2.75) is 0 Å². The quantitative estimate of drug-likeness (QED) is 0.311. The predicted octanol–water partition coefficient (Wildman–Crippen LogP) is 0.955. The Labute approximate surface area is 36.7 Å². The summed E-state index contributed by atoms with van der Waals surface area (Å²) in [5, 5.41) is 0. The summed E-state index contributed by atoms with van der Waals surface area (Å²) in [5.74, 6) is 0. The molecular formula is C3H4Fe. The Morgan fingerprint density at radius 2 is 1.25 bits per heavy atom. The molecule has 0 heterocycles. The third kappa shape index (κ3) is 1410. The smallest absolute Gasteiger partial charge is 0 e. The molecule has 0 fully saturated rings. The molecule has 0 spiro atoms. The first kappa shape index (κ1) is 8.97. The maximum atomic E-state index is 3.12. The minimum Gasteiger partial charge on any atom is -0.137 e. The molecule has 0 saturated heterocycles. The molecule has 4 heavy (non-hydrogen) atoms. The van der Waals surface area contributed by atoms with Crippen LogP contribution in [0.2, 0.25) is 0 Å². The topological polar surface area (TPSA) is 0 Å². The van der Waals surface area contributed by atoms with E-state index in [1.807, 2.05) is 0 Å². The molecule has 0 saturated carbocycles. The summed E-state index contributed by atoms with van der Waals surface area (Å²) in [7, 11) is 0. The van der Waals surface area contributed by atoms with Crippen LogP contribution in [0.3, 0.4) is 0 Å². The fraction of sp³-hybridized carbons (Fsp3) is 0. The van der Waals surface area contributed by atoms with E-state index >= 15 is 0 Å². The molecule has 24 valence electrons. The first-order chi connectivity index (χ1) is 1.41. The molecule has 0 unspecified atom stereocenters. The van der Waals surface area contributed by atoms with Crippen molar-refractivity contribution in [3.05, 3.63) is 18.9 Å². The van der Waals surface area contributed by atoms with Crippen LogP contribution in [0.1, 0.15) is 0 Å². The van der Waals surface area contributed by atoms with Crippen molar-refractivity contribution in [3.63, 3.8) is 0 Å². The zero-order valence-electron chi connectivity index (χ0n) is 2.27. The maximum Gasteiger partial charge on any atom is 0 e. The summed E-state index contributed by atoms with van der Waals surface area (Å²) in [4.78, 5) is 0. The molecule has 0 aromatic heterocycles. The second kappa shape index (κ2) is 11.7. The molecule has 0 N–H and O–H groups in total. The average Bonchev–Trinajstić information content (AvgIpc) is 0.918. The van der Waals surface area contributed by atoms with Crippen LogP contribution in [0.4, 0.5) is 0 Å². The van der Waals surface area contributed by atoms with Gasteiger partial charge in [-0.15, -0.1) is 5.73 Å². The third-order valence-electron chi connectivity index (χ3n) is 0. The van der Waals surface area contributed by atoms with E-state index in [1.165, 1.54) is 0 Å². The van der Waals surface area contributed by atoms with Crippen LogP contribution >= 0.6 is 0 Å². The normalized spacial score (nSPS) is 2.00. The fourth-order valence-electron chi connectivity index (χ4n) is 0. The number of hydrogen-bond acceptors (Lipinski definition) is 0. The molecule has 0 aliphatic rings. The van der Waals surface area contributed by atoms with E-state index in [2.05, 4.69) is 18.9 Å². The summed E-state index contributed by atoms with van der Waals surface area (Å²) in [5.41, 5.74) is 2.25. The van der Waals surface area contributed by atoms with Gasteiger partial charge in [-0.05, 0) is 0 Å². The monoisotopic (exact) mass is 96.0 g/mol. The molecule has 0 rings (SSSR count). The Balaban J connectivity index is 0. The van der Waals surface area contributed by atoms with E-state index in [9.17, 15) is 0 Å². The van der Waals surface area contributed by atoms with Crippen LogP contribution in [0, 0.1) is 0 Å². The summed E-state index contributed by atoms with van der Waals surface area (Å²) < 4.78 is 0. The second-order valence-electron chi connectivity index (χ2n) is 0.250. The van der Waals surface area contributed by atoms with Gasteiger partial charge < -0.3 is 0 Å². The van der Waals surface area contributed by atoms with E-state index in [1.54, 1.807) is 0 Å². The van der Waals surface area contributed by atoms with E-state index in [-0.39, 0.29) is 17.1 Å². The third-order valence-corrected chi connectivity index (χ3v) is 0. The Morgan fingerprint density at radius 1 is 1.25 bits per heavy atom. The molecule has 0 aromatic carbocycles. The van der Waals surface area contributed by atoms with Crippen molar-refractivity contribution in [2.75, 3.05) is 0 Å². The first-order valence-corrected chi connectivity index (χ1v) is 0.707. The van der Waals surface area contributed by atoms with Crippen molar-refractivity contribution < 1.29 is 17.1 Å².